The maximum atomic E-state index is 12.6. The second-order valence-electron chi connectivity index (χ2n) is 5.89. The fourth-order valence-corrected chi connectivity index (χ4v) is 2.91. The van der Waals surface area contributed by atoms with Gasteiger partial charge in [-0.15, -0.1) is 0 Å². The highest BCUT2D eigenvalue weighted by Gasteiger charge is 2.30. The Labute approximate surface area is 161 Å². The molecular formula is C20H19NO7. The first kappa shape index (κ1) is 19.2. The van der Waals surface area contributed by atoms with Crippen LogP contribution in [0.4, 0.5) is 5.69 Å². The van der Waals surface area contributed by atoms with Crippen molar-refractivity contribution in [3.05, 3.63) is 53.4 Å². The molecule has 0 fully saturated rings. The second kappa shape index (κ2) is 7.99. The highest BCUT2D eigenvalue weighted by Crippen LogP contribution is 2.39. The van der Waals surface area contributed by atoms with Crippen molar-refractivity contribution in [1.82, 2.24) is 0 Å². The monoisotopic (exact) mass is 385 g/mol. The van der Waals surface area contributed by atoms with Crippen molar-refractivity contribution in [3.8, 4) is 11.5 Å². The Balaban J connectivity index is 2.26. The Hall–Kier alpha value is -3.55. The summed E-state index contributed by atoms with van der Waals surface area (Å²) in [7, 11) is 2.42. The van der Waals surface area contributed by atoms with Crippen LogP contribution in [0.5, 0.6) is 11.5 Å². The summed E-state index contributed by atoms with van der Waals surface area (Å²) in [5.74, 6) is -0.857. The summed E-state index contributed by atoms with van der Waals surface area (Å²) in [6.07, 6.45) is 6.21. The van der Waals surface area contributed by atoms with E-state index in [1.165, 1.54) is 32.1 Å². The van der Waals surface area contributed by atoms with Crippen molar-refractivity contribution in [2.24, 2.45) is 0 Å². The number of benzene rings is 1. The number of carbonyl (C=O) groups is 3. The lowest BCUT2D eigenvalue weighted by molar-refractivity contribution is -0.139. The molecule has 0 bridgehead atoms. The molecule has 1 aromatic rings. The number of allylic oxidation sites excluding steroid dienone is 2. The van der Waals surface area contributed by atoms with Gasteiger partial charge in [0.25, 0.3) is 0 Å². The minimum absolute atomic E-state index is 0.0104. The molecule has 146 valence electrons. The Bertz CT molecular complexity index is 927. The Morgan fingerprint density at radius 1 is 0.964 bits per heavy atom. The van der Waals surface area contributed by atoms with Crippen LogP contribution >= 0.6 is 0 Å². The van der Waals surface area contributed by atoms with Gasteiger partial charge in [0.05, 0.1) is 25.5 Å². The lowest BCUT2D eigenvalue weighted by Crippen LogP contribution is -2.28. The molecule has 8 nitrogen and oxygen atoms in total. The van der Waals surface area contributed by atoms with Gasteiger partial charge in [-0.25, -0.2) is 9.59 Å². The van der Waals surface area contributed by atoms with E-state index in [-0.39, 0.29) is 17.1 Å². The first-order chi connectivity index (χ1) is 13.5. The number of methoxy groups -OCH3 is 2. The van der Waals surface area contributed by atoms with Gasteiger partial charge < -0.3 is 23.8 Å². The Morgan fingerprint density at radius 3 is 2.21 bits per heavy atom. The number of carbonyl (C=O) groups excluding carboxylic acids is 3. The number of ether oxygens (including phenoxy) is 4. The van der Waals surface area contributed by atoms with Gasteiger partial charge in [-0.2, -0.15) is 0 Å². The molecule has 0 aliphatic carbocycles. The van der Waals surface area contributed by atoms with Gasteiger partial charge in [0.2, 0.25) is 0 Å². The van der Waals surface area contributed by atoms with E-state index in [0.29, 0.717) is 36.0 Å². The summed E-state index contributed by atoms with van der Waals surface area (Å²) in [6.45, 7) is 2.13. The van der Waals surface area contributed by atoms with Gasteiger partial charge in [0.15, 0.2) is 17.3 Å². The molecule has 0 amide bonds. The molecule has 0 atom stereocenters. The molecule has 0 radical (unpaired) electrons. The topological polar surface area (TPSA) is 91.4 Å². The maximum Gasteiger partial charge on any atom is 0.355 e. The molecule has 0 saturated heterocycles. The van der Waals surface area contributed by atoms with Gasteiger partial charge in [-0.05, 0) is 25.1 Å². The zero-order chi connectivity index (χ0) is 20.3. The summed E-state index contributed by atoms with van der Waals surface area (Å²) >= 11 is 0. The third kappa shape index (κ3) is 3.48. The van der Waals surface area contributed by atoms with Gasteiger partial charge >= 0.3 is 11.9 Å². The number of anilines is 1. The van der Waals surface area contributed by atoms with Crippen LogP contribution in [0.15, 0.2) is 47.8 Å². The van der Waals surface area contributed by atoms with E-state index in [4.69, 9.17) is 18.9 Å². The van der Waals surface area contributed by atoms with Gasteiger partial charge in [-0.3, -0.25) is 4.79 Å². The average molecular weight is 385 g/mol. The minimum Gasteiger partial charge on any atom is -0.486 e. The predicted molar refractivity (Wildman–Crippen MR) is 99.3 cm³/mol. The summed E-state index contributed by atoms with van der Waals surface area (Å²) in [4.78, 5) is 38.6. The van der Waals surface area contributed by atoms with Crippen LogP contribution in [0.2, 0.25) is 0 Å². The van der Waals surface area contributed by atoms with Gasteiger partial charge in [-0.1, -0.05) is 6.08 Å². The lowest BCUT2D eigenvalue weighted by Gasteiger charge is -2.27. The van der Waals surface area contributed by atoms with E-state index >= 15 is 0 Å². The summed E-state index contributed by atoms with van der Waals surface area (Å²) < 4.78 is 20.8. The summed E-state index contributed by atoms with van der Waals surface area (Å²) in [6, 6.07) is 3.16. The van der Waals surface area contributed by atoms with Crippen molar-refractivity contribution < 1.29 is 33.3 Å². The smallest absolute Gasteiger partial charge is 0.355 e. The third-order valence-corrected chi connectivity index (χ3v) is 4.19. The van der Waals surface area contributed by atoms with Crippen molar-refractivity contribution in [1.29, 1.82) is 0 Å². The number of nitrogens with zero attached hydrogens (tertiary/aromatic N) is 1. The number of hydrogen-bond donors (Lipinski definition) is 0. The summed E-state index contributed by atoms with van der Waals surface area (Å²) in [5.41, 5.74) is 0.544. The van der Waals surface area contributed by atoms with Crippen LogP contribution in [0.1, 0.15) is 17.3 Å². The fourth-order valence-electron chi connectivity index (χ4n) is 2.91. The molecule has 2 aliphatic rings. The third-order valence-electron chi connectivity index (χ3n) is 4.19. The molecule has 0 aromatic heterocycles. The molecule has 0 N–H and O–H groups in total. The van der Waals surface area contributed by atoms with Crippen molar-refractivity contribution in [2.75, 3.05) is 32.3 Å². The number of fused-ring (bicyclic) bond motifs is 1. The van der Waals surface area contributed by atoms with Crippen molar-refractivity contribution in [2.45, 2.75) is 6.92 Å². The number of esters is 2. The van der Waals surface area contributed by atoms with Crippen molar-refractivity contribution >= 4 is 23.4 Å². The normalized spacial score (nSPS) is 15.2. The quantitative estimate of drug-likeness (QED) is 0.575. The molecule has 2 aliphatic heterocycles. The molecule has 8 heteroatoms. The molecule has 1 aromatic carbocycles. The van der Waals surface area contributed by atoms with Crippen LogP contribution in [0.3, 0.4) is 0 Å². The zero-order valence-corrected chi connectivity index (χ0v) is 15.7. The van der Waals surface area contributed by atoms with Gasteiger partial charge in [0, 0.05) is 17.8 Å². The minimum atomic E-state index is -0.763. The SMILES string of the molecule is COC(=O)C1=C(C(=O)OC)N(c2cc3c(cc2C(C)=O)OCCO3)C=CC=C1. The molecule has 3 rings (SSSR count). The lowest BCUT2D eigenvalue weighted by atomic mass is 10.1. The summed E-state index contributed by atoms with van der Waals surface area (Å²) in [5, 5.41) is 0. The fraction of sp³-hybridized carbons (Fsp3) is 0.250. The average Bonchev–Trinajstić information content (AvgIpc) is 2.94. The first-order valence-electron chi connectivity index (χ1n) is 8.47. The largest absolute Gasteiger partial charge is 0.486 e. The second-order valence-corrected chi connectivity index (χ2v) is 5.89. The molecule has 28 heavy (non-hydrogen) atoms. The molecule has 0 unspecified atom stereocenters. The van der Waals surface area contributed by atoms with Crippen LogP contribution < -0.4 is 14.4 Å². The Kier molecular flexibility index (Phi) is 5.49. The van der Waals surface area contributed by atoms with E-state index in [0.717, 1.165) is 0 Å². The molecule has 2 heterocycles. The first-order valence-corrected chi connectivity index (χ1v) is 8.47. The molecule has 0 saturated carbocycles. The van der Waals surface area contributed by atoms with E-state index in [2.05, 4.69) is 0 Å². The standard InChI is InChI=1S/C20H19NO7/c1-12(22)14-10-16-17(28-9-8-27-16)11-15(14)21-7-5-4-6-13(19(23)25-2)18(21)20(24)26-3/h4-7,10-11H,8-9H2,1-3H3. The number of rotatable bonds is 4. The number of Topliss-reactive ketones (excluding diaryl/α,β-unsaturated/α-hetero) is 1. The van der Waals surface area contributed by atoms with E-state index < -0.39 is 11.9 Å². The van der Waals surface area contributed by atoms with Crippen LogP contribution in [-0.2, 0) is 19.1 Å². The molecule has 0 spiro atoms. The van der Waals surface area contributed by atoms with E-state index in [1.807, 2.05) is 0 Å². The van der Waals surface area contributed by atoms with Crippen LogP contribution in [-0.4, -0.2) is 45.2 Å². The zero-order valence-electron chi connectivity index (χ0n) is 15.7. The van der Waals surface area contributed by atoms with Crippen LogP contribution in [0, 0.1) is 0 Å². The van der Waals surface area contributed by atoms with Gasteiger partial charge in [0.1, 0.15) is 18.9 Å². The van der Waals surface area contributed by atoms with E-state index in [1.54, 1.807) is 30.5 Å². The maximum absolute atomic E-state index is 12.6. The highest BCUT2D eigenvalue weighted by molar-refractivity contribution is 6.08. The Morgan fingerprint density at radius 2 is 1.61 bits per heavy atom. The highest BCUT2D eigenvalue weighted by atomic mass is 16.6. The van der Waals surface area contributed by atoms with E-state index in [9.17, 15) is 14.4 Å². The number of hydrogen-bond acceptors (Lipinski definition) is 8. The molecular weight excluding hydrogens is 366 g/mol. The number of ketones is 1. The van der Waals surface area contributed by atoms with Crippen LogP contribution in [0.25, 0.3) is 0 Å². The predicted octanol–water partition coefficient (Wildman–Crippen LogP) is 2.15. The van der Waals surface area contributed by atoms with Crippen molar-refractivity contribution in [3.63, 3.8) is 0 Å².